The van der Waals surface area contributed by atoms with Crippen molar-refractivity contribution in [3.8, 4) is 0 Å². The van der Waals surface area contributed by atoms with Crippen LogP contribution in [-0.2, 0) is 0 Å². The Balaban J connectivity index is 1.89. The van der Waals surface area contributed by atoms with Gasteiger partial charge in [-0.1, -0.05) is 13.2 Å². The van der Waals surface area contributed by atoms with Gasteiger partial charge in [0.1, 0.15) is 11.6 Å². The monoisotopic (exact) mass is 306 g/mol. The molecule has 4 aliphatic heterocycles. The quantitative estimate of drug-likeness (QED) is 0.691. The normalized spacial score (nSPS) is 38.6. The van der Waals surface area contributed by atoms with Crippen LogP contribution in [-0.4, -0.2) is 67.7 Å². The van der Waals surface area contributed by atoms with Crippen LogP contribution in [0.3, 0.4) is 0 Å². The van der Waals surface area contributed by atoms with Crippen LogP contribution in [0.15, 0.2) is 24.8 Å². The van der Waals surface area contributed by atoms with Crippen LogP contribution in [0, 0.1) is 0 Å². The predicted molar refractivity (Wildman–Crippen MR) is 82.7 cm³/mol. The molecule has 22 heavy (non-hydrogen) atoms. The molecule has 0 atom stereocenters. The number of rotatable bonds is 0. The van der Waals surface area contributed by atoms with E-state index in [0.717, 1.165) is 50.2 Å². The van der Waals surface area contributed by atoms with Crippen LogP contribution in [0.25, 0.3) is 0 Å². The van der Waals surface area contributed by atoms with Crippen molar-refractivity contribution in [3.05, 3.63) is 24.8 Å². The summed E-state index contributed by atoms with van der Waals surface area (Å²) in [6, 6.07) is 0. The van der Waals surface area contributed by atoms with Crippen LogP contribution in [0.1, 0.15) is 38.5 Å². The molecule has 0 saturated carbocycles. The average Bonchev–Trinajstić information content (AvgIpc) is 2.75. The maximum Gasteiger partial charge on any atom is 0.293 e. The first-order valence-corrected chi connectivity index (χ1v) is 8.46. The SMILES string of the molecule is C=C1N2CCCCCN1C1(O)N3CCCCCN(C3=C)C21O. The highest BCUT2D eigenvalue weighted by Crippen LogP contribution is 2.54. The largest absolute Gasteiger partial charge is 0.348 e. The van der Waals surface area contributed by atoms with Crippen LogP contribution in [0.2, 0.25) is 0 Å². The minimum Gasteiger partial charge on any atom is -0.348 e. The zero-order valence-electron chi connectivity index (χ0n) is 13.2. The Bertz CT molecular complexity index is 442. The van der Waals surface area contributed by atoms with E-state index in [2.05, 4.69) is 13.2 Å². The Kier molecular flexibility index (Phi) is 2.94. The third-order valence-corrected chi connectivity index (χ3v) is 5.73. The molecule has 0 amide bonds. The third-order valence-electron chi connectivity index (χ3n) is 5.73. The summed E-state index contributed by atoms with van der Waals surface area (Å²) in [7, 11) is 0. The van der Waals surface area contributed by atoms with E-state index in [4.69, 9.17) is 0 Å². The Morgan fingerprint density at radius 2 is 0.864 bits per heavy atom. The lowest BCUT2D eigenvalue weighted by Crippen LogP contribution is -2.68. The van der Waals surface area contributed by atoms with Crippen LogP contribution in [0.5, 0.6) is 0 Å². The van der Waals surface area contributed by atoms with Gasteiger partial charge in [-0.2, -0.15) is 0 Å². The van der Waals surface area contributed by atoms with Crippen molar-refractivity contribution >= 4 is 0 Å². The van der Waals surface area contributed by atoms with E-state index in [-0.39, 0.29) is 0 Å². The summed E-state index contributed by atoms with van der Waals surface area (Å²) < 4.78 is 0. The zero-order valence-corrected chi connectivity index (χ0v) is 13.2. The smallest absolute Gasteiger partial charge is 0.293 e. The molecule has 0 aromatic carbocycles. The summed E-state index contributed by atoms with van der Waals surface area (Å²) >= 11 is 0. The van der Waals surface area contributed by atoms with Crippen molar-refractivity contribution in [2.75, 3.05) is 26.2 Å². The molecular weight excluding hydrogens is 280 g/mol. The number of hydrogen-bond donors (Lipinski definition) is 2. The summed E-state index contributed by atoms with van der Waals surface area (Å²) in [6.07, 6.45) is 6.23. The number of nitrogens with zero attached hydrogens (tertiary/aromatic N) is 4. The maximum absolute atomic E-state index is 11.7. The lowest BCUT2D eigenvalue weighted by molar-refractivity contribution is -0.295. The van der Waals surface area contributed by atoms with Gasteiger partial charge in [0.2, 0.25) is 0 Å². The third kappa shape index (κ3) is 1.42. The molecule has 0 aromatic heterocycles. The highest BCUT2D eigenvalue weighted by Gasteiger charge is 2.75. The van der Waals surface area contributed by atoms with E-state index >= 15 is 0 Å². The molecule has 4 aliphatic rings. The van der Waals surface area contributed by atoms with E-state index in [9.17, 15) is 10.2 Å². The number of aliphatic hydroxyl groups is 2. The molecule has 4 saturated heterocycles. The Morgan fingerprint density at radius 1 is 0.591 bits per heavy atom. The molecule has 0 unspecified atom stereocenters. The fourth-order valence-corrected chi connectivity index (χ4v) is 4.60. The lowest BCUT2D eigenvalue weighted by atomic mass is 10.2. The van der Waals surface area contributed by atoms with Gasteiger partial charge in [-0.05, 0) is 38.5 Å². The molecule has 6 heteroatoms. The van der Waals surface area contributed by atoms with Crippen molar-refractivity contribution in [1.29, 1.82) is 0 Å². The van der Waals surface area contributed by atoms with Crippen molar-refractivity contribution in [3.63, 3.8) is 0 Å². The molecule has 4 bridgehead atoms. The highest BCUT2D eigenvalue weighted by atomic mass is 16.4. The molecule has 6 nitrogen and oxygen atoms in total. The molecule has 0 radical (unpaired) electrons. The van der Waals surface area contributed by atoms with E-state index in [0.29, 0.717) is 26.2 Å². The highest BCUT2D eigenvalue weighted by molar-refractivity contribution is 5.27. The van der Waals surface area contributed by atoms with Gasteiger partial charge in [-0.25, -0.2) is 0 Å². The fourth-order valence-electron chi connectivity index (χ4n) is 4.60. The van der Waals surface area contributed by atoms with E-state index < -0.39 is 11.7 Å². The average molecular weight is 306 g/mol. The first-order valence-electron chi connectivity index (χ1n) is 8.46. The topological polar surface area (TPSA) is 53.4 Å². The molecule has 0 spiro atoms. The second kappa shape index (κ2) is 4.55. The summed E-state index contributed by atoms with van der Waals surface area (Å²) in [5.74, 6) is -1.49. The van der Waals surface area contributed by atoms with E-state index in [1.54, 1.807) is 0 Å². The van der Waals surface area contributed by atoms with Gasteiger partial charge < -0.3 is 29.8 Å². The molecule has 122 valence electrons. The van der Waals surface area contributed by atoms with Gasteiger partial charge in [0.15, 0.2) is 0 Å². The van der Waals surface area contributed by atoms with Crippen molar-refractivity contribution in [2.24, 2.45) is 0 Å². The van der Waals surface area contributed by atoms with Gasteiger partial charge in [-0.3, -0.25) is 0 Å². The predicted octanol–water partition coefficient (Wildman–Crippen LogP) is 0.824. The molecule has 0 aliphatic carbocycles. The van der Waals surface area contributed by atoms with E-state index in [1.165, 1.54) is 0 Å². The molecule has 4 heterocycles. The number of fused-ring (bicyclic) bond motifs is 9. The van der Waals surface area contributed by atoms with Gasteiger partial charge in [0.25, 0.3) is 11.7 Å². The first-order chi connectivity index (χ1) is 10.5. The van der Waals surface area contributed by atoms with Gasteiger partial charge in [0.05, 0.1) is 0 Å². The minimum atomic E-state index is -1.48. The Morgan fingerprint density at radius 3 is 1.14 bits per heavy atom. The Labute approximate surface area is 131 Å². The molecule has 4 fully saturated rings. The van der Waals surface area contributed by atoms with Crippen molar-refractivity contribution in [1.82, 2.24) is 19.6 Å². The van der Waals surface area contributed by atoms with Crippen molar-refractivity contribution < 1.29 is 10.2 Å². The second-order valence-corrected chi connectivity index (χ2v) is 6.83. The number of hydrogen-bond acceptors (Lipinski definition) is 6. The fraction of sp³-hybridized carbons (Fsp3) is 0.750. The second-order valence-electron chi connectivity index (χ2n) is 6.83. The lowest BCUT2D eigenvalue weighted by Gasteiger charge is -2.42. The first kappa shape index (κ1) is 14.2. The summed E-state index contributed by atoms with van der Waals surface area (Å²) in [5.41, 5.74) is 0. The molecule has 4 rings (SSSR count). The molecule has 0 aromatic rings. The summed E-state index contributed by atoms with van der Waals surface area (Å²) in [5, 5.41) is 23.3. The van der Waals surface area contributed by atoms with E-state index in [1.807, 2.05) is 19.6 Å². The summed E-state index contributed by atoms with van der Waals surface area (Å²) in [4.78, 5) is 7.57. The minimum absolute atomic E-state index is 0.714. The van der Waals surface area contributed by atoms with Gasteiger partial charge in [0, 0.05) is 26.2 Å². The van der Waals surface area contributed by atoms with Gasteiger partial charge in [-0.15, -0.1) is 0 Å². The van der Waals surface area contributed by atoms with Crippen LogP contribution >= 0.6 is 0 Å². The standard InChI is InChI=1S/C16H26N4O2/c1-13-17-9-5-3-6-10-18(13)16(22)15(17,21)19-11-7-4-8-12-20(16)14(19)2/h21-22H,1-12H2. The zero-order chi connectivity index (χ0) is 15.5. The summed E-state index contributed by atoms with van der Waals surface area (Å²) in [6.45, 7) is 11.2. The Hall–Kier alpha value is -1.40. The van der Waals surface area contributed by atoms with Crippen molar-refractivity contribution in [2.45, 2.75) is 50.2 Å². The van der Waals surface area contributed by atoms with Crippen LogP contribution in [0.4, 0.5) is 0 Å². The van der Waals surface area contributed by atoms with Gasteiger partial charge >= 0.3 is 0 Å². The molecule has 2 N–H and O–H groups in total. The maximum atomic E-state index is 11.7. The molecular formula is C16H26N4O2. The van der Waals surface area contributed by atoms with Crippen LogP contribution < -0.4 is 0 Å².